The van der Waals surface area contributed by atoms with Gasteiger partial charge >= 0.3 is 0 Å². The van der Waals surface area contributed by atoms with E-state index in [2.05, 4.69) is 28.9 Å². The molecule has 146 valence electrons. The first-order valence-electron chi connectivity index (χ1n) is 9.76. The van der Waals surface area contributed by atoms with Crippen LogP contribution in [0.5, 0.6) is 0 Å². The fourth-order valence-corrected chi connectivity index (χ4v) is 5.54. The molecule has 3 atom stereocenters. The number of rotatable bonds is 4. The number of para-hydroxylation sites is 1. The Morgan fingerprint density at radius 1 is 1.04 bits per heavy atom. The predicted molar refractivity (Wildman–Crippen MR) is 113 cm³/mol. The van der Waals surface area contributed by atoms with E-state index >= 15 is 0 Å². The van der Waals surface area contributed by atoms with E-state index in [0.717, 1.165) is 58.7 Å². The first kappa shape index (κ1) is 17.8. The van der Waals surface area contributed by atoms with Crippen molar-refractivity contribution in [2.24, 2.45) is 17.8 Å². The molecule has 2 fully saturated rings. The number of fused-ring (bicyclic) bond motifs is 2. The zero-order valence-corrected chi connectivity index (χ0v) is 17.2. The summed E-state index contributed by atoms with van der Waals surface area (Å²) in [4.78, 5) is 6.23. The fraction of sp³-hybridized carbons (Fsp3) is 0.364. The normalized spacial score (nSPS) is 24.1. The number of anilines is 1. The third-order valence-corrected chi connectivity index (χ3v) is 8.34. The number of benzene rings is 2. The molecule has 1 N–H and O–H groups in total. The van der Waals surface area contributed by atoms with Crippen molar-refractivity contribution in [2.75, 3.05) is 32.1 Å². The second-order valence-corrected chi connectivity index (χ2v) is 10.5. The quantitative estimate of drug-likeness (QED) is 0.731. The molecule has 2 aromatic carbocycles. The standard InChI is InChI=1S/C22H25N3O2S/c1-14-18-12-25(13-19(14)18)22-9-8-16(28(26,27)24(2)3)11-17(22)21-10-15-6-4-5-7-20(15)23-21/h4-11,14,18-19,23H,12-13H2,1-3H3/t14-,18+,19-. The lowest BCUT2D eigenvalue weighted by molar-refractivity contribution is 0.521. The van der Waals surface area contributed by atoms with Gasteiger partial charge in [-0.1, -0.05) is 25.1 Å². The zero-order valence-electron chi connectivity index (χ0n) is 16.4. The summed E-state index contributed by atoms with van der Waals surface area (Å²) < 4.78 is 26.7. The molecule has 1 aromatic heterocycles. The van der Waals surface area contributed by atoms with Gasteiger partial charge in [-0.25, -0.2) is 12.7 Å². The van der Waals surface area contributed by atoms with Crippen LogP contribution in [0, 0.1) is 17.8 Å². The first-order chi connectivity index (χ1) is 13.4. The molecule has 5 rings (SSSR count). The van der Waals surface area contributed by atoms with Gasteiger partial charge in [-0.05, 0) is 48.1 Å². The summed E-state index contributed by atoms with van der Waals surface area (Å²) >= 11 is 0. The number of nitrogens with one attached hydrogen (secondary N) is 1. The number of aromatic amines is 1. The van der Waals surface area contributed by atoms with Crippen molar-refractivity contribution in [2.45, 2.75) is 11.8 Å². The van der Waals surface area contributed by atoms with Crippen molar-refractivity contribution >= 4 is 26.6 Å². The smallest absolute Gasteiger partial charge is 0.242 e. The molecule has 1 saturated carbocycles. The molecule has 0 spiro atoms. The highest BCUT2D eigenvalue weighted by molar-refractivity contribution is 7.89. The largest absolute Gasteiger partial charge is 0.370 e. The number of sulfonamides is 1. The maximum Gasteiger partial charge on any atom is 0.242 e. The summed E-state index contributed by atoms with van der Waals surface area (Å²) in [7, 11) is -0.346. The summed E-state index contributed by atoms with van der Waals surface area (Å²) in [6.45, 7) is 4.44. The van der Waals surface area contributed by atoms with Gasteiger partial charge in [0, 0.05) is 55.0 Å². The van der Waals surface area contributed by atoms with Crippen LogP contribution in [0.1, 0.15) is 6.92 Å². The molecule has 0 unspecified atom stereocenters. The van der Waals surface area contributed by atoms with Gasteiger partial charge in [0.05, 0.1) is 4.90 Å². The molecule has 2 heterocycles. The highest BCUT2D eigenvalue weighted by Gasteiger charge is 2.52. The molecule has 0 amide bonds. The Bertz CT molecular complexity index is 1120. The van der Waals surface area contributed by atoms with Crippen molar-refractivity contribution < 1.29 is 8.42 Å². The van der Waals surface area contributed by atoms with Crippen LogP contribution in [0.3, 0.4) is 0 Å². The maximum absolute atomic E-state index is 12.7. The number of nitrogens with zero attached hydrogens (tertiary/aromatic N) is 2. The van der Waals surface area contributed by atoms with E-state index in [0.29, 0.717) is 4.90 Å². The van der Waals surface area contributed by atoms with E-state index in [1.165, 1.54) is 4.31 Å². The molecule has 1 saturated heterocycles. The Morgan fingerprint density at radius 3 is 2.43 bits per heavy atom. The van der Waals surface area contributed by atoms with Crippen molar-refractivity contribution in [3.63, 3.8) is 0 Å². The summed E-state index contributed by atoms with van der Waals surface area (Å²) in [6.07, 6.45) is 0. The van der Waals surface area contributed by atoms with Crippen LogP contribution in [0.2, 0.25) is 0 Å². The van der Waals surface area contributed by atoms with Gasteiger partial charge in [0.15, 0.2) is 0 Å². The highest BCUT2D eigenvalue weighted by atomic mass is 32.2. The zero-order chi connectivity index (χ0) is 19.6. The number of hydrogen-bond acceptors (Lipinski definition) is 3. The number of aromatic nitrogens is 1. The molecule has 6 heteroatoms. The summed E-state index contributed by atoms with van der Waals surface area (Å²) in [5.41, 5.74) is 4.08. The van der Waals surface area contributed by atoms with Gasteiger partial charge in [-0.3, -0.25) is 0 Å². The van der Waals surface area contributed by atoms with Crippen molar-refractivity contribution in [1.82, 2.24) is 9.29 Å². The first-order valence-corrected chi connectivity index (χ1v) is 11.2. The Balaban J connectivity index is 1.64. The third-order valence-electron chi connectivity index (χ3n) is 6.53. The van der Waals surface area contributed by atoms with Crippen LogP contribution in [-0.4, -0.2) is 44.9 Å². The van der Waals surface area contributed by atoms with Crippen LogP contribution in [-0.2, 0) is 10.0 Å². The number of piperidine rings is 1. The Kier molecular flexibility index (Phi) is 3.87. The topological polar surface area (TPSA) is 56.4 Å². The summed E-state index contributed by atoms with van der Waals surface area (Å²) in [5, 5.41) is 1.13. The van der Waals surface area contributed by atoms with Gasteiger partial charge in [0.25, 0.3) is 0 Å². The fourth-order valence-electron chi connectivity index (χ4n) is 4.62. The van der Waals surface area contributed by atoms with Crippen LogP contribution < -0.4 is 4.90 Å². The molecule has 1 aliphatic heterocycles. The van der Waals surface area contributed by atoms with Crippen LogP contribution >= 0.6 is 0 Å². The molecule has 3 aromatic rings. The lowest BCUT2D eigenvalue weighted by atomic mass is 10.1. The minimum Gasteiger partial charge on any atom is -0.370 e. The van der Waals surface area contributed by atoms with Crippen molar-refractivity contribution in [1.29, 1.82) is 0 Å². The van der Waals surface area contributed by atoms with Gasteiger partial charge in [0.2, 0.25) is 10.0 Å². The highest BCUT2D eigenvalue weighted by Crippen LogP contribution is 2.53. The average Bonchev–Trinajstić information content (AvgIpc) is 3.10. The molecule has 5 nitrogen and oxygen atoms in total. The summed E-state index contributed by atoms with van der Waals surface area (Å²) in [6, 6.07) is 15.8. The van der Waals surface area contributed by atoms with E-state index < -0.39 is 10.0 Å². The lowest BCUT2D eigenvalue weighted by Gasteiger charge is -2.25. The Morgan fingerprint density at radius 2 is 1.75 bits per heavy atom. The van der Waals surface area contributed by atoms with Gasteiger partial charge in [-0.2, -0.15) is 0 Å². The van der Waals surface area contributed by atoms with Crippen molar-refractivity contribution in [3.05, 3.63) is 48.5 Å². The monoisotopic (exact) mass is 395 g/mol. The Labute approximate surface area is 166 Å². The van der Waals surface area contributed by atoms with Crippen LogP contribution in [0.15, 0.2) is 53.4 Å². The molecular formula is C22H25N3O2S. The Hall–Kier alpha value is -2.31. The predicted octanol–water partition coefficient (Wildman–Crippen LogP) is 3.79. The molecule has 0 bridgehead atoms. The summed E-state index contributed by atoms with van der Waals surface area (Å²) in [5.74, 6) is 2.38. The average molecular weight is 396 g/mol. The minimum atomic E-state index is -3.49. The van der Waals surface area contributed by atoms with E-state index in [1.807, 2.05) is 30.3 Å². The third kappa shape index (κ3) is 2.66. The number of H-pyrrole nitrogens is 1. The molecule has 2 aliphatic rings. The van der Waals surface area contributed by atoms with E-state index in [-0.39, 0.29) is 0 Å². The lowest BCUT2D eigenvalue weighted by Crippen LogP contribution is -2.25. The maximum atomic E-state index is 12.7. The minimum absolute atomic E-state index is 0.327. The molecule has 28 heavy (non-hydrogen) atoms. The second kappa shape index (κ2) is 6.09. The molecule has 0 radical (unpaired) electrons. The van der Waals surface area contributed by atoms with Gasteiger partial charge in [-0.15, -0.1) is 0 Å². The SMILES string of the molecule is C[C@H]1[C@H]2CN(c3ccc(S(=O)(=O)N(C)C)cc3-c3cc4ccccc4[nH]3)C[C@@H]12. The van der Waals surface area contributed by atoms with Gasteiger partial charge < -0.3 is 9.88 Å². The van der Waals surface area contributed by atoms with Crippen LogP contribution in [0.4, 0.5) is 5.69 Å². The van der Waals surface area contributed by atoms with E-state index in [1.54, 1.807) is 20.2 Å². The van der Waals surface area contributed by atoms with Crippen molar-refractivity contribution in [3.8, 4) is 11.3 Å². The van der Waals surface area contributed by atoms with E-state index in [4.69, 9.17) is 0 Å². The van der Waals surface area contributed by atoms with E-state index in [9.17, 15) is 8.42 Å². The molecular weight excluding hydrogens is 370 g/mol. The number of hydrogen-bond donors (Lipinski definition) is 1. The second-order valence-electron chi connectivity index (χ2n) is 8.33. The van der Waals surface area contributed by atoms with Crippen LogP contribution in [0.25, 0.3) is 22.2 Å². The molecule has 1 aliphatic carbocycles. The van der Waals surface area contributed by atoms with Gasteiger partial charge in [0.1, 0.15) is 0 Å².